The highest BCUT2D eigenvalue weighted by Crippen LogP contribution is 2.32. The van der Waals surface area contributed by atoms with Crippen molar-refractivity contribution < 1.29 is 19.1 Å². The van der Waals surface area contributed by atoms with E-state index in [-0.39, 0.29) is 12.6 Å². The minimum absolute atomic E-state index is 0.234. The highest BCUT2D eigenvalue weighted by atomic mass is 32.2. The first kappa shape index (κ1) is 19.2. The van der Waals surface area contributed by atoms with Crippen LogP contribution in [0.1, 0.15) is 51.2 Å². The molecule has 25 heavy (non-hydrogen) atoms. The molecule has 1 aliphatic rings. The third kappa shape index (κ3) is 4.95. The number of nitrogens with zero attached hydrogens (tertiary/aromatic N) is 1. The Balaban J connectivity index is 2.08. The van der Waals surface area contributed by atoms with Crippen LogP contribution in [0.4, 0.5) is 4.79 Å². The second kappa shape index (κ2) is 8.34. The summed E-state index contributed by atoms with van der Waals surface area (Å²) in [4.78, 5) is 37.5. The predicted molar refractivity (Wildman–Crippen MR) is 99.1 cm³/mol. The van der Waals surface area contributed by atoms with Gasteiger partial charge in [-0.05, 0) is 48.2 Å². The standard InChI is InChI=1S/C19H23NO4S/c1-5-13(4)24-17(21)11-20-18(22)16(25-19(20)23)10-14-6-8-15(9-7-14)12(2)3/h6-10,12-13H,5,11H2,1-4H3/b16-10+/t13-/m0/s1. The Morgan fingerprint density at radius 1 is 1.20 bits per heavy atom. The van der Waals surface area contributed by atoms with Gasteiger partial charge in [0.15, 0.2) is 0 Å². The summed E-state index contributed by atoms with van der Waals surface area (Å²) >= 11 is 0.845. The number of thioether (sulfide) groups is 1. The molecule has 1 aromatic carbocycles. The van der Waals surface area contributed by atoms with E-state index in [0.717, 1.165) is 22.2 Å². The molecule has 0 radical (unpaired) electrons. The average molecular weight is 361 g/mol. The Bertz CT molecular complexity index is 694. The molecule has 6 heteroatoms. The van der Waals surface area contributed by atoms with Crippen LogP contribution in [0.3, 0.4) is 0 Å². The van der Waals surface area contributed by atoms with Crippen molar-refractivity contribution in [3.8, 4) is 0 Å². The molecule has 1 aliphatic heterocycles. The van der Waals surface area contributed by atoms with E-state index in [1.165, 1.54) is 5.56 Å². The molecular formula is C19H23NO4S. The van der Waals surface area contributed by atoms with Gasteiger partial charge in [0.05, 0.1) is 11.0 Å². The van der Waals surface area contributed by atoms with E-state index in [0.29, 0.717) is 17.2 Å². The first-order chi connectivity index (χ1) is 11.8. The van der Waals surface area contributed by atoms with Crippen molar-refractivity contribution in [3.63, 3.8) is 0 Å². The number of hydrogen-bond acceptors (Lipinski definition) is 5. The minimum Gasteiger partial charge on any atom is -0.461 e. The van der Waals surface area contributed by atoms with E-state index < -0.39 is 17.1 Å². The van der Waals surface area contributed by atoms with Gasteiger partial charge in [0.25, 0.3) is 11.1 Å². The van der Waals surface area contributed by atoms with Crippen molar-refractivity contribution >= 4 is 35.0 Å². The first-order valence-electron chi connectivity index (χ1n) is 8.36. The molecule has 5 nitrogen and oxygen atoms in total. The summed E-state index contributed by atoms with van der Waals surface area (Å²) < 4.78 is 5.13. The fourth-order valence-corrected chi connectivity index (χ4v) is 3.08. The van der Waals surface area contributed by atoms with Gasteiger partial charge in [-0.3, -0.25) is 19.3 Å². The summed E-state index contributed by atoms with van der Waals surface area (Å²) in [7, 11) is 0. The molecule has 0 bridgehead atoms. The van der Waals surface area contributed by atoms with Crippen LogP contribution in [-0.2, 0) is 14.3 Å². The normalized spacial score (nSPS) is 17.5. The van der Waals surface area contributed by atoms with E-state index in [2.05, 4.69) is 13.8 Å². The number of benzene rings is 1. The summed E-state index contributed by atoms with van der Waals surface area (Å²) in [5, 5.41) is -0.448. The molecule has 0 aliphatic carbocycles. The third-order valence-corrected chi connectivity index (χ3v) is 4.88. The number of carbonyl (C=O) groups is 3. The number of carbonyl (C=O) groups excluding carboxylic acids is 3. The van der Waals surface area contributed by atoms with Crippen LogP contribution in [0, 0.1) is 0 Å². The first-order valence-corrected chi connectivity index (χ1v) is 9.18. The Morgan fingerprint density at radius 3 is 2.40 bits per heavy atom. The summed E-state index contributed by atoms with van der Waals surface area (Å²) in [6, 6.07) is 7.84. The van der Waals surface area contributed by atoms with Crippen molar-refractivity contribution in [1.29, 1.82) is 0 Å². The van der Waals surface area contributed by atoms with Crippen molar-refractivity contribution in [1.82, 2.24) is 4.90 Å². The Kier molecular flexibility index (Phi) is 6.42. The molecule has 2 amide bonds. The van der Waals surface area contributed by atoms with E-state index in [1.807, 2.05) is 31.2 Å². The van der Waals surface area contributed by atoms with Crippen LogP contribution in [-0.4, -0.2) is 34.7 Å². The minimum atomic E-state index is -0.570. The molecule has 1 fully saturated rings. The molecule has 0 N–H and O–H groups in total. The largest absolute Gasteiger partial charge is 0.461 e. The summed E-state index contributed by atoms with van der Waals surface area (Å²) in [5.41, 5.74) is 2.05. The zero-order valence-corrected chi connectivity index (χ0v) is 15.8. The number of esters is 1. The van der Waals surface area contributed by atoms with Gasteiger partial charge in [0, 0.05) is 0 Å². The maximum absolute atomic E-state index is 12.4. The Morgan fingerprint density at radius 2 is 1.84 bits per heavy atom. The highest BCUT2D eigenvalue weighted by Gasteiger charge is 2.36. The lowest BCUT2D eigenvalue weighted by atomic mass is 10.0. The second-order valence-corrected chi connectivity index (χ2v) is 7.29. The predicted octanol–water partition coefficient (Wildman–Crippen LogP) is 4.19. The van der Waals surface area contributed by atoms with Gasteiger partial charge in [-0.15, -0.1) is 0 Å². The molecule has 1 atom stereocenters. The van der Waals surface area contributed by atoms with Crippen LogP contribution in [0.15, 0.2) is 29.2 Å². The highest BCUT2D eigenvalue weighted by molar-refractivity contribution is 8.18. The molecular weight excluding hydrogens is 338 g/mol. The number of amides is 2. The van der Waals surface area contributed by atoms with Crippen LogP contribution in [0.25, 0.3) is 6.08 Å². The quantitative estimate of drug-likeness (QED) is 0.561. The molecule has 0 unspecified atom stereocenters. The smallest absolute Gasteiger partial charge is 0.326 e. The van der Waals surface area contributed by atoms with Crippen molar-refractivity contribution in [3.05, 3.63) is 40.3 Å². The second-order valence-electron chi connectivity index (χ2n) is 6.30. The van der Waals surface area contributed by atoms with Crippen LogP contribution >= 0.6 is 11.8 Å². The van der Waals surface area contributed by atoms with Crippen molar-refractivity contribution in [2.24, 2.45) is 0 Å². The number of ether oxygens (including phenoxy) is 1. The van der Waals surface area contributed by atoms with Crippen LogP contribution < -0.4 is 0 Å². The van der Waals surface area contributed by atoms with Gasteiger partial charge in [0.1, 0.15) is 6.54 Å². The molecule has 1 aromatic rings. The van der Waals surface area contributed by atoms with E-state index in [1.54, 1.807) is 13.0 Å². The third-order valence-electron chi connectivity index (χ3n) is 3.97. The van der Waals surface area contributed by atoms with E-state index in [4.69, 9.17) is 4.74 Å². The van der Waals surface area contributed by atoms with Gasteiger partial charge in [-0.25, -0.2) is 0 Å². The topological polar surface area (TPSA) is 63.7 Å². The molecule has 1 saturated heterocycles. The molecule has 0 spiro atoms. The van der Waals surface area contributed by atoms with Crippen LogP contribution in [0.2, 0.25) is 0 Å². The average Bonchev–Trinajstić information content (AvgIpc) is 2.82. The lowest BCUT2D eigenvalue weighted by Gasteiger charge is -2.14. The SMILES string of the molecule is CC[C@H](C)OC(=O)CN1C(=O)S/C(=C/c2ccc(C(C)C)cc2)C1=O. The van der Waals surface area contributed by atoms with E-state index >= 15 is 0 Å². The monoisotopic (exact) mass is 361 g/mol. The van der Waals surface area contributed by atoms with Gasteiger partial charge < -0.3 is 4.74 Å². The zero-order chi connectivity index (χ0) is 18.6. The van der Waals surface area contributed by atoms with Crippen LogP contribution in [0.5, 0.6) is 0 Å². The maximum Gasteiger partial charge on any atom is 0.326 e. The molecule has 1 heterocycles. The summed E-state index contributed by atoms with van der Waals surface area (Å²) in [6.45, 7) is 7.54. The van der Waals surface area contributed by atoms with E-state index in [9.17, 15) is 14.4 Å². The van der Waals surface area contributed by atoms with Gasteiger partial charge in [-0.2, -0.15) is 0 Å². The Labute approximate surface area is 152 Å². The van der Waals surface area contributed by atoms with Gasteiger partial charge in [-0.1, -0.05) is 45.0 Å². The number of rotatable bonds is 6. The molecule has 134 valence electrons. The lowest BCUT2D eigenvalue weighted by Crippen LogP contribution is -2.35. The van der Waals surface area contributed by atoms with Gasteiger partial charge >= 0.3 is 5.97 Å². The summed E-state index contributed by atoms with van der Waals surface area (Å²) in [6.07, 6.45) is 2.12. The molecule has 0 saturated carbocycles. The fraction of sp³-hybridized carbons (Fsp3) is 0.421. The Hall–Kier alpha value is -2.08. The zero-order valence-electron chi connectivity index (χ0n) is 14.9. The maximum atomic E-state index is 12.4. The molecule has 2 rings (SSSR count). The summed E-state index contributed by atoms with van der Waals surface area (Å²) in [5.74, 6) is -0.596. The lowest BCUT2D eigenvalue weighted by molar-refractivity contribution is -0.150. The number of hydrogen-bond donors (Lipinski definition) is 0. The van der Waals surface area contributed by atoms with Crippen molar-refractivity contribution in [2.75, 3.05) is 6.54 Å². The van der Waals surface area contributed by atoms with Gasteiger partial charge in [0.2, 0.25) is 0 Å². The fourth-order valence-electron chi connectivity index (χ4n) is 2.24. The van der Waals surface area contributed by atoms with Crippen molar-refractivity contribution in [2.45, 2.75) is 46.1 Å². The number of imide groups is 1. The molecule has 0 aromatic heterocycles.